The van der Waals surface area contributed by atoms with Gasteiger partial charge < -0.3 is 0 Å². The summed E-state index contributed by atoms with van der Waals surface area (Å²) < 4.78 is 12.6. The fraction of sp³-hybridized carbons (Fsp3) is 0.286. The molecule has 0 aromatic heterocycles. The van der Waals surface area contributed by atoms with Gasteiger partial charge in [-0.2, -0.15) is 0 Å². The summed E-state index contributed by atoms with van der Waals surface area (Å²) >= 11 is 0. The second-order valence-corrected chi connectivity index (χ2v) is 3.89. The Balaban J connectivity index is 2.15. The molecule has 0 saturated heterocycles. The van der Waals surface area contributed by atoms with Crippen molar-refractivity contribution in [1.29, 1.82) is 0 Å². The van der Waals surface area contributed by atoms with Crippen LogP contribution in [0.4, 0.5) is 4.39 Å². The molecule has 15 heavy (non-hydrogen) atoms. The second kappa shape index (κ2) is 4.31. The molecular formula is C14H13F. The molecule has 1 atom stereocenters. The van der Waals surface area contributed by atoms with Crippen LogP contribution in [-0.2, 0) is 0 Å². The summed E-state index contributed by atoms with van der Waals surface area (Å²) in [4.78, 5) is 0. The van der Waals surface area contributed by atoms with Gasteiger partial charge in [-0.3, -0.25) is 0 Å². The maximum absolute atomic E-state index is 12.6. The van der Waals surface area contributed by atoms with Gasteiger partial charge in [0.1, 0.15) is 5.82 Å². The van der Waals surface area contributed by atoms with Crippen molar-refractivity contribution in [2.45, 2.75) is 19.8 Å². The number of hydrogen-bond acceptors (Lipinski definition) is 0. The van der Waals surface area contributed by atoms with Crippen molar-refractivity contribution in [2.24, 2.45) is 5.92 Å². The van der Waals surface area contributed by atoms with E-state index in [0.29, 0.717) is 5.92 Å². The third-order valence-electron chi connectivity index (χ3n) is 2.69. The summed E-state index contributed by atoms with van der Waals surface area (Å²) in [6.07, 6.45) is 4.53. The van der Waals surface area contributed by atoms with Gasteiger partial charge in [0, 0.05) is 11.1 Å². The summed E-state index contributed by atoms with van der Waals surface area (Å²) in [5, 5.41) is 0. The minimum Gasteiger partial charge on any atom is -0.207 e. The molecule has 2 rings (SSSR count). The molecule has 0 N–H and O–H groups in total. The van der Waals surface area contributed by atoms with Gasteiger partial charge in [0.2, 0.25) is 0 Å². The van der Waals surface area contributed by atoms with E-state index in [1.54, 1.807) is 12.1 Å². The van der Waals surface area contributed by atoms with Crippen molar-refractivity contribution >= 4 is 0 Å². The standard InChI is InChI=1S/C14H13F/c1-11-3-2-4-13(11)8-5-12-6-9-14(15)10-7-12/h4,6-7,9-11H,2-3H2,1H3. The highest BCUT2D eigenvalue weighted by atomic mass is 19.1. The van der Waals surface area contributed by atoms with Crippen LogP contribution in [-0.4, -0.2) is 0 Å². The summed E-state index contributed by atoms with van der Waals surface area (Å²) in [6.45, 7) is 2.19. The van der Waals surface area contributed by atoms with Crippen molar-refractivity contribution < 1.29 is 4.39 Å². The van der Waals surface area contributed by atoms with Gasteiger partial charge in [-0.25, -0.2) is 4.39 Å². The zero-order valence-corrected chi connectivity index (χ0v) is 8.76. The maximum atomic E-state index is 12.6. The predicted octanol–water partition coefficient (Wildman–Crippen LogP) is 3.53. The second-order valence-electron chi connectivity index (χ2n) is 3.89. The third kappa shape index (κ3) is 2.47. The Kier molecular flexibility index (Phi) is 2.87. The molecule has 0 amide bonds. The SMILES string of the molecule is CC1CCC=C1C#Cc1ccc(F)cc1. The first-order valence-corrected chi connectivity index (χ1v) is 5.23. The van der Waals surface area contributed by atoms with Crippen LogP contribution in [0.15, 0.2) is 35.9 Å². The number of allylic oxidation sites excluding steroid dienone is 2. The minimum absolute atomic E-state index is 0.214. The van der Waals surface area contributed by atoms with Crippen LogP contribution in [0.25, 0.3) is 0 Å². The lowest BCUT2D eigenvalue weighted by molar-refractivity contribution is 0.627. The van der Waals surface area contributed by atoms with Crippen LogP contribution in [0.3, 0.4) is 0 Å². The van der Waals surface area contributed by atoms with Gasteiger partial charge in [0.15, 0.2) is 0 Å². The number of rotatable bonds is 0. The van der Waals surface area contributed by atoms with E-state index in [4.69, 9.17) is 0 Å². The Hall–Kier alpha value is -1.55. The highest BCUT2D eigenvalue weighted by molar-refractivity contribution is 5.42. The zero-order valence-electron chi connectivity index (χ0n) is 8.76. The first-order valence-electron chi connectivity index (χ1n) is 5.23. The summed E-state index contributed by atoms with van der Waals surface area (Å²) in [6, 6.07) is 6.30. The van der Waals surface area contributed by atoms with Crippen molar-refractivity contribution in [3.8, 4) is 11.8 Å². The predicted molar refractivity (Wildman–Crippen MR) is 59.8 cm³/mol. The molecule has 1 heteroatoms. The topological polar surface area (TPSA) is 0 Å². The van der Waals surface area contributed by atoms with Crippen LogP contribution in [0.2, 0.25) is 0 Å². The van der Waals surface area contributed by atoms with Gasteiger partial charge in [-0.05, 0) is 43.0 Å². The molecule has 1 unspecified atom stereocenters. The quantitative estimate of drug-likeness (QED) is 0.562. The molecule has 0 fully saturated rings. The smallest absolute Gasteiger partial charge is 0.123 e. The first-order chi connectivity index (χ1) is 7.25. The molecule has 0 aliphatic heterocycles. The third-order valence-corrected chi connectivity index (χ3v) is 2.69. The molecule has 0 spiro atoms. The molecular weight excluding hydrogens is 187 g/mol. The Morgan fingerprint density at radius 3 is 2.53 bits per heavy atom. The van der Waals surface area contributed by atoms with E-state index < -0.39 is 0 Å². The summed E-state index contributed by atoms with van der Waals surface area (Å²) in [7, 11) is 0. The van der Waals surface area contributed by atoms with E-state index >= 15 is 0 Å². The van der Waals surface area contributed by atoms with Crippen LogP contribution in [0.1, 0.15) is 25.3 Å². The number of halogens is 1. The highest BCUT2D eigenvalue weighted by Gasteiger charge is 2.11. The Bertz CT molecular complexity index is 429. The van der Waals surface area contributed by atoms with Crippen molar-refractivity contribution in [3.05, 3.63) is 47.3 Å². The molecule has 0 radical (unpaired) electrons. The maximum Gasteiger partial charge on any atom is 0.123 e. The fourth-order valence-corrected chi connectivity index (χ4v) is 1.70. The van der Waals surface area contributed by atoms with Gasteiger partial charge in [0.05, 0.1) is 0 Å². The normalized spacial score (nSPS) is 19.3. The van der Waals surface area contributed by atoms with E-state index in [9.17, 15) is 4.39 Å². The van der Waals surface area contributed by atoms with Crippen molar-refractivity contribution in [1.82, 2.24) is 0 Å². The molecule has 0 heterocycles. The Morgan fingerprint density at radius 2 is 1.93 bits per heavy atom. The Labute approximate surface area is 89.8 Å². The minimum atomic E-state index is -0.214. The molecule has 0 saturated carbocycles. The molecule has 76 valence electrons. The van der Waals surface area contributed by atoms with E-state index in [0.717, 1.165) is 12.0 Å². The molecule has 1 aliphatic carbocycles. The first kappa shape index (κ1) is 9.98. The van der Waals surface area contributed by atoms with Gasteiger partial charge in [-0.1, -0.05) is 24.8 Å². The van der Waals surface area contributed by atoms with E-state index in [-0.39, 0.29) is 5.82 Å². The average Bonchev–Trinajstić information content (AvgIpc) is 2.63. The number of hydrogen-bond donors (Lipinski definition) is 0. The lowest BCUT2D eigenvalue weighted by Gasteiger charge is -1.99. The lowest BCUT2D eigenvalue weighted by atomic mass is 10.0. The molecule has 1 aromatic carbocycles. The lowest BCUT2D eigenvalue weighted by Crippen LogP contribution is -1.89. The van der Waals surface area contributed by atoms with Gasteiger partial charge in [0.25, 0.3) is 0 Å². The average molecular weight is 200 g/mol. The van der Waals surface area contributed by atoms with Gasteiger partial charge in [-0.15, -0.1) is 0 Å². The molecule has 1 aromatic rings. The van der Waals surface area contributed by atoms with Crippen LogP contribution >= 0.6 is 0 Å². The van der Waals surface area contributed by atoms with Crippen LogP contribution < -0.4 is 0 Å². The van der Waals surface area contributed by atoms with Crippen LogP contribution in [0, 0.1) is 23.6 Å². The van der Waals surface area contributed by atoms with E-state index in [2.05, 4.69) is 24.8 Å². The van der Waals surface area contributed by atoms with Crippen molar-refractivity contribution in [3.63, 3.8) is 0 Å². The summed E-state index contributed by atoms with van der Waals surface area (Å²) in [5.41, 5.74) is 2.09. The zero-order chi connectivity index (χ0) is 10.7. The van der Waals surface area contributed by atoms with Crippen molar-refractivity contribution in [2.75, 3.05) is 0 Å². The molecule has 1 aliphatic rings. The fourth-order valence-electron chi connectivity index (χ4n) is 1.70. The Morgan fingerprint density at radius 1 is 1.20 bits per heavy atom. The van der Waals surface area contributed by atoms with Gasteiger partial charge >= 0.3 is 0 Å². The van der Waals surface area contributed by atoms with E-state index in [1.807, 2.05) is 0 Å². The largest absolute Gasteiger partial charge is 0.207 e. The summed E-state index contributed by atoms with van der Waals surface area (Å²) in [5.74, 6) is 6.58. The van der Waals surface area contributed by atoms with Crippen LogP contribution in [0.5, 0.6) is 0 Å². The molecule has 0 bridgehead atoms. The molecule has 0 nitrogen and oxygen atoms in total. The van der Waals surface area contributed by atoms with E-state index in [1.165, 1.54) is 24.1 Å². The monoisotopic (exact) mass is 200 g/mol. The number of benzene rings is 1. The highest BCUT2D eigenvalue weighted by Crippen LogP contribution is 2.24.